The summed E-state index contributed by atoms with van der Waals surface area (Å²) in [4.78, 5) is 11.0. The molecule has 0 rings (SSSR count). The van der Waals surface area contributed by atoms with Crippen LogP contribution < -0.4 is 0 Å². The number of hydrogen-bond donors (Lipinski definition) is 0. The van der Waals surface area contributed by atoms with E-state index >= 15 is 0 Å². The molecule has 0 aliphatic rings. The van der Waals surface area contributed by atoms with E-state index < -0.39 is 0 Å². The van der Waals surface area contributed by atoms with E-state index in [0.29, 0.717) is 4.91 Å². The summed E-state index contributed by atoms with van der Waals surface area (Å²) >= 11 is 0.902. The van der Waals surface area contributed by atoms with E-state index in [-0.39, 0.29) is 5.78 Å². The average Bonchev–Trinajstić information content (AvgIpc) is 1.82. The molecule has 0 N–H and O–H groups in total. The van der Waals surface area contributed by atoms with E-state index in [1.54, 1.807) is 13.0 Å². The molecule has 48 valence electrons. The third-order valence-electron chi connectivity index (χ3n) is 0.765. The first kappa shape index (κ1) is 8.25. The normalized spacial score (nSPS) is 10.6. The van der Waals surface area contributed by atoms with Gasteiger partial charge in [0.1, 0.15) is 5.40 Å². The topological polar surface area (TPSA) is 40.9 Å². The summed E-state index contributed by atoms with van der Waals surface area (Å²) in [7, 11) is 0. The van der Waals surface area contributed by atoms with Gasteiger partial charge in [-0.1, -0.05) is 6.08 Å². The van der Waals surface area contributed by atoms with Crippen molar-refractivity contribution in [2.24, 2.45) is 0 Å². The maximum atomic E-state index is 10.5. The molecule has 0 aliphatic heterocycles. The predicted molar refractivity (Wildman–Crippen MR) is 37.6 cm³/mol. The molecule has 0 bridgehead atoms. The van der Waals surface area contributed by atoms with Crippen molar-refractivity contribution in [1.82, 2.24) is 0 Å². The number of thioether (sulfide) groups is 1. The molecule has 0 saturated carbocycles. The molecule has 0 atom stereocenters. The lowest BCUT2D eigenvalue weighted by atomic mass is 10.4. The Bertz CT molecular complexity index is 178. The number of allylic oxidation sites excluding steroid dienone is 2. The fraction of sp³-hybridized carbons (Fsp3) is 0.333. The third-order valence-corrected chi connectivity index (χ3v) is 1.60. The minimum absolute atomic E-state index is 0.0518. The van der Waals surface area contributed by atoms with Gasteiger partial charge in [0.2, 0.25) is 0 Å². The van der Waals surface area contributed by atoms with Gasteiger partial charge >= 0.3 is 0 Å². The number of hydrogen-bond acceptors (Lipinski definition) is 3. The summed E-state index contributed by atoms with van der Waals surface area (Å²) in [6, 6.07) is 0. The average molecular weight is 141 g/mol. The Morgan fingerprint density at radius 1 is 1.78 bits per heavy atom. The third kappa shape index (κ3) is 2.94. The number of nitriles is 1. The zero-order chi connectivity index (χ0) is 7.28. The summed E-state index contributed by atoms with van der Waals surface area (Å²) in [5, 5.41) is 9.96. The number of ketones is 1. The lowest BCUT2D eigenvalue weighted by Crippen LogP contribution is -1.89. The standard InChI is InChI=1S/C6H7NOS/c1-3-6(5(2)8)9-4-7/h3H,1-2H3. The molecular weight excluding hydrogens is 134 g/mol. The number of rotatable bonds is 2. The van der Waals surface area contributed by atoms with Gasteiger partial charge in [-0.25, -0.2) is 0 Å². The Hall–Kier alpha value is -0.750. The smallest absolute Gasteiger partial charge is 0.166 e. The van der Waals surface area contributed by atoms with Crippen molar-refractivity contribution in [3.05, 3.63) is 11.0 Å². The van der Waals surface area contributed by atoms with Crippen LogP contribution in [0, 0.1) is 10.7 Å². The van der Waals surface area contributed by atoms with Crippen molar-refractivity contribution in [3.8, 4) is 5.40 Å². The van der Waals surface area contributed by atoms with Crippen LogP contribution in [0.2, 0.25) is 0 Å². The van der Waals surface area contributed by atoms with E-state index in [0.717, 1.165) is 11.8 Å². The molecule has 0 aromatic heterocycles. The van der Waals surface area contributed by atoms with Crippen molar-refractivity contribution in [2.75, 3.05) is 0 Å². The summed E-state index contributed by atoms with van der Waals surface area (Å²) in [5.41, 5.74) is 0. The molecular formula is C6H7NOS. The fourth-order valence-electron chi connectivity index (χ4n) is 0.383. The minimum atomic E-state index is -0.0518. The summed E-state index contributed by atoms with van der Waals surface area (Å²) in [5.74, 6) is -0.0518. The largest absolute Gasteiger partial charge is 0.294 e. The Kier molecular flexibility index (Phi) is 3.81. The monoisotopic (exact) mass is 141 g/mol. The molecule has 0 unspecified atom stereocenters. The number of nitrogens with zero attached hydrogens (tertiary/aromatic N) is 1. The van der Waals surface area contributed by atoms with Gasteiger partial charge in [0.05, 0.1) is 4.91 Å². The van der Waals surface area contributed by atoms with E-state index in [4.69, 9.17) is 5.26 Å². The second-order valence-corrected chi connectivity index (χ2v) is 2.23. The molecule has 0 aliphatic carbocycles. The quantitative estimate of drug-likeness (QED) is 0.434. The highest BCUT2D eigenvalue weighted by atomic mass is 32.2. The maximum Gasteiger partial charge on any atom is 0.166 e. The summed E-state index contributed by atoms with van der Waals surface area (Å²) in [6.45, 7) is 3.18. The molecule has 0 saturated heterocycles. The van der Waals surface area contributed by atoms with E-state index in [2.05, 4.69) is 0 Å². The molecule has 3 heteroatoms. The fourth-order valence-corrected chi connectivity index (χ4v) is 0.743. The maximum absolute atomic E-state index is 10.5. The molecule has 0 aromatic carbocycles. The first-order valence-corrected chi connectivity index (χ1v) is 3.27. The van der Waals surface area contributed by atoms with Gasteiger partial charge in [-0.15, -0.1) is 0 Å². The predicted octanol–water partition coefficient (Wildman–Crippen LogP) is 1.69. The molecule has 0 radical (unpaired) electrons. The van der Waals surface area contributed by atoms with Crippen LogP contribution in [0.4, 0.5) is 0 Å². The van der Waals surface area contributed by atoms with Crippen molar-refractivity contribution in [2.45, 2.75) is 13.8 Å². The van der Waals surface area contributed by atoms with Crippen LogP contribution in [0.1, 0.15) is 13.8 Å². The molecule has 0 fully saturated rings. The van der Waals surface area contributed by atoms with Crippen LogP contribution in [0.15, 0.2) is 11.0 Å². The van der Waals surface area contributed by atoms with E-state index in [1.165, 1.54) is 6.92 Å². The molecule has 0 spiro atoms. The number of carbonyl (C=O) groups is 1. The van der Waals surface area contributed by atoms with Gasteiger partial charge in [0.25, 0.3) is 0 Å². The Balaban J connectivity index is 4.06. The lowest BCUT2D eigenvalue weighted by Gasteiger charge is -1.89. The second-order valence-electron chi connectivity index (χ2n) is 1.40. The van der Waals surface area contributed by atoms with Gasteiger partial charge in [-0.2, -0.15) is 5.26 Å². The first-order chi connectivity index (χ1) is 4.22. The lowest BCUT2D eigenvalue weighted by molar-refractivity contribution is -0.112. The van der Waals surface area contributed by atoms with Crippen LogP contribution in [-0.4, -0.2) is 5.78 Å². The summed E-state index contributed by atoms with van der Waals surface area (Å²) in [6.07, 6.45) is 1.64. The highest BCUT2D eigenvalue weighted by Gasteiger charge is 2.00. The van der Waals surface area contributed by atoms with Crippen molar-refractivity contribution >= 4 is 17.5 Å². The molecule has 0 aromatic rings. The Labute approximate surface area is 58.6 Å². The number of thiocyanates is 1. The van der Waals surface area contributed by atoms with Crippen LogP contribution in [0.3, 0.4) is 0 Å². The zero-order valence-corrected chi connectivity index (χ0v) is 6.16. The van der Waals surface area contributed by atoms with E-state index in [9.17, 15) is 4.79 Å². The van der Waals surface area contributed by atoms with Crippen LogP contribution in [-0.2, 0) is 4.79 Å². The van der Waals surface area contributed by atoms with Gasteiger partial charge in [0.15, 0.2) is 5.78 Å². The van der Waals surface area contributed by atoms with E-state index in [1.807, 2.05) is 5.40 Å². The van der Waals surface area contributed by atoms with Crippen LogP contribution in [0.25, 0.3) is 0 Å². The first-order valence-electron chi connectivity index (χ1n) is 2.45. The Morgan fingerprint density at radius 3 is 2.44 bits per heavy atom. The second kappa shape index (κ2) is 4.16. The Morgan fingerprint density at radius 2 is 2.33 bits per heavy atom. The highest BCUT2D eigenvalue weighted by Crippen LogP contribution is 2.13. The number of Topliss-reactive ketones (excluding diaryl/α,β-unsaturated/α-hetero) is 1. The molecule has 9 heavy (non-hydrogen) atoms. The highest BCUT2D eigenvalue weighted by molar-refractivity contribution is 8.08. The van der Waals surface area contributed by atoms with Gasteiger partial charge < -0.3 is 0 Å². The van der Waals surface area contributed by atoms with Gasteiger partial charge in [-0.05, 0) is 25.6 Å². The van der Waals surface area contributed by atoms with Crippen molar-refractivity contribution in [1.29, 1.82) is 5.26 Å². The van der Waals surface area contributed by atoms with Crippen molar-refractivity contribution < 1.29 is 4.79 Å². The number of carbonyl (C=O) groups excluding carboxylic acids is 1. The zero-order valence-electron chi connectivity index (χ0n) is 5.34. The molecule has 2 nitrogen and oxygen atoms in total. The molecule has 0 heterocycles. The molecule has 0 amide bonds. The van der Waals surface area contributed by atoms with Gasteiger partial charge in [0, 0.05) is 0 Å². The van der Waals surface area contributed by atoms with Crippen LogP contribution in [0.5, 0.6) is 0 Å². The SMILES string of the molecule is CC=C(SC#N)C(C)=O. The summed E-state index contributed by atoms with van der Waals surface area (Å²) < 4.78 is 0. The van der Waals surface area contributed by atoms with Crippen LogP contribution >= 0.6 is 11.8 Å². The van der Waals surface area contributed by atoms with Crippen molar-refractivity contribution in [3.63, 3.8) is 0 Å². The van der Waals surface area contributed by atoms with Gasteiger partial charge in [-0.3, -0.25) is 4.79 Å². The minimum Gasteiger partial charge on any atom is -0.294 e.